The fourth-order valence-electron chi connectivity index (χ4n) is 1.09. The highest BCUT2D eigenvalue weighted by Crippen LogP contribution is 2.26. The van der Waals surface area contributed by atoms with Gasteiger partial charge in [0, 0.05) is 5.92 Å². The van der Waals surface area contributed by atoms with Gasteiger partial charge in [-0.3, -0.25) is 0 Å². The van der Waals surface area contributed by atoms with Crippen LogP contribution in [-0.4, -0.2) is 10.7 Å². The highest BCUT2D eigenvalue weighted by molar-refractivity contribution is 5.21. The normalized spacial score (nSPS) is 38.5. The zero-order valence-electron chi connectivity index (χ0n) is 6.25. The molecule has 2 atom stereocenters. The smallest absolute Gasteiger partial charge is 0.0890 e. The van der Waals surface area contributed by atoms with Crippen molar-refractivity contribution < 1.29 is 5.11 Å². The predicted octanol–water partition coefficient (Wildman–Crippen LogP) is 1.70. The van der Waals surface area contributed by atoms with Gasteiger partial charge in [0.25, 0.3) is 0 Å². The molecule has 55 valence electrons. The van der Waals surface area contributed by atoms with Crippen molar-refractivity contribution in [1.82, 2.24) is 0 Å². The first kappa shape index (κ1) is 7.55. The second kappa shape index (κ2) is 2.59. The SMILES string of the molecule is [CH2]C1C=CC=CC1(O)CC. The highest BCUT2D eigenvalue weighted by Gasteiger charge is 2.27. The maximum atomic E-state index is 9.75. The van der Waals surface area contributed by atoms with Crippen LogP contribution in [0.25, 0.3) is 0 Å². The zero-order chi connectivity index (χ0) is 7.61. The molecule has 1 aliphatic rings. The van der Waals surface area contributed by atoms with E-state index < -0.39 is 5.60 Å². The molecule has 0 bridgehead atoms. The van der Waals surface area contributed by atoms with E-state index in [9.17, 15) is 5.11 Å². The van der Waals surface area contributed by atoms with Crippen molar-refractivity contribution in [2.45, 2.75) is 18.9 Å². The van der Waals surface area contributed by atoms with E-state index in [4.69, 9.17) is 0 Å². The van der Waals surface area contributed by atoms with Crippen molar-refractivity contribution in [2.75, 3.05) is 0 Å². The number of hydrogen-bond donors (Lipinski definition) is 1. The Morgan fingerprint density at radius 2 is 2.30 bits per heavy atom. The number of allylic oxidation sites excluding steroid dienone is 2. The molecule has 0 spiro atoms. The third-order valence-electron chi connectivity index (χ3n) is 2.05. The first-order valence-corrected chi connectivity index (χ1v) is 3.60. The van der Waals surface area contributed by atoms with Crippen LogP contribution in [0.2, 0.25) is 0 Å². The Bertz CT molecular complexity index is 170. The Hall–Kier alpha value is -0.560. The molecule has 1 nitrogen and oxygen atoms in total. The molecule has 0 aromatic rings. The maximum Gasteiger partial charge on any atom is 0.0890 e. The molecule has 1 heteroatoms. The van der Waals surface area contributed by atoms with Gasteiger partial charge in [-0.1, -0.05) is 31.2 Å². The standard InChI is InChI=1S/C9H13O/c1-3-9(10)7-5-4-6-8(9)2/h4-8,10H,2-3H2,1H3. The van der Waals surface area contributed by atoms with Gasteiger partial charge in [-0.25, -0.2) is 0 Å². The molecule has 0 aromatic carbocycles. The molecule has 1 rings (SSSR count). The fourth-order valence-corrected chi connectivity index (χ4v) is 1.09. The molecule has 0 fully saturated rings. The predicted molar refractivity (Wildman–Crippen MR) is 42.4 cm³/mol. The molecule has 1 radical (unpaired) electrons. The van der Waals surface area contributed by atoms with Crippen LogP contribution in [0.5, 0.6) is 0 Å². The summed E-state index contributed by atoms with van der Waals surface area (Å²) in [6.45, 7) is 5.79. The molecule has 0 heterocycles. The van der Waals surface area contributed by atoms with Gasteiger partial charge in [0.1, 0.15) is 0 Å². The molecule has 0 saturated heterocycles. The Balaban J connectivity index is 2.77. The summed E-state index contributed by atoms with van der Waals surface area (Å²) in [5.74, 6) is 0.00231. The lowest BCUT2D eigenvalue weighted by Crippen LogP contribution is -2.33. The van der Waals surface area contributed by atoms with Crippen LogP contribution in [0.15, 0.2) is 24.3 Å². The Morgan fingerprint density at radius 3 is 2.70 bits per heavy atom. The van der Waals surface area contributed by atoms with Gasteiger partial charge >= 0.3 is 0 Å². The van der Waals surface area contributed by atoms with Crippen molar-refractivity contribution >= 4 is 0 Å². The van der Waals surface area contributed by atoms with Gasteiger partial charge in [0.15, 0.2) is 0 Å². The van der Waals surface area contributed by atoms with E-state index in [1.807, 2.05) is 31.2 Å². The molecule has 1 aliphatic carbocycles. The molecule has 2 unspecified atom stereocenters. The lowest BCUT2D eigenvalue weighted by atomic mass is 9.83. The highest BCUT2D eigenvalue weighted by atomic mass is 16.3. The fraction of sp³-hybridized carbons (Fsp3) is 0.444. The van der Waals surface area contributed by atoms with Crippen LogP contribution in [0, 0.1) is 12.8 Å². The second-order valence-corrected chi connectivity index (χ2v) is 2.70. The quantitative estimate of drug-likeness (QED) is 0.583. The lowest BCUT2D eigenvalue weighted by Gasteiger charge is -2.29. The summed E-state index contributed by atoms with van der Waals surface area (Å²) in [7, 11) is 0. The number of rotatable bonds is 1. The maximum absolute atomic E-state index is 9.75. The van der Waals surface area contributed by atoms with E-state index in [1.54, 1.807) is 0 Å². The van der Waals surface area contributed by atoms with Crippen LogP contribution in [-0.2, 0) is 0 Å². The molecule has 0 saturated carbocycles. The number of aliphatic hydroxyl groups is 1. The summed E-state index contributed by atoms with van der Waals surface area (Å²) in [5, 5.41) is 9.75. The summed E-state index contributed by atoms with van der Waals surface area (Å²) in [5.41, 5.74) is -0.700. The van der Waals surface area contributed by atoms with Crippen LogP contribution >= 0.6 is 0 Å². The first-order chi connectivity index (χ1) is 4.69. The van der Waals surface area contributed by atoms with Crippen LogP contribution in [0.4, 0.5) is 0 Å². The average molecular weight is 137 g/mol. The minimum Gasteiger partial charge on any atom is -0.385 e. The Labute approximate surface area is 62.1 Å². The van der Waals surface area contributed by atoms with Crippen molar-refractivity contribution in [2.24, 2.45) is 5.92 Å². The van der Waals surface area contributed by atoms with E-state index >= 15 is 0 Å². The van der Waals surface area contributed by atoms with Gasteiger partial charge in [0.05, 0.1) is 5.60 Å². The van der Waals surface area contributed by atoms with E-state index in [1.165, 1.54) is 0 Å². The second-order valence-electron chi connectivity index (χ2n) is 2.70. The summed E-state index contributed by atoms with van der Waals surface area (Å²) in [6, 6.07) is 0. The largest absolute Gasteiger partial charge is 0.385 e. The lowest BCUT2D eigenvalue weighted by molar-refractivity contribution is 0.0588. The third-order valence-corrected chi connectivity index (χ3v) is 2.05. The molecule has 0 aliphatic heterocycles. The summed E-state index contributed by atoms with van der Waals surface area (Å²) >= 11 is 0. The Kier molecular flexibility index (Phi) is 1.95. The van der Waals surface area contributed by atoms with Crippen molar-refractivity contribution in [1.29, 1.82) is 0 Å². The summed E-state index contributed by atoms with van der Waals surface area (Å²) in [6.07, 6.45) is 8.24. The van der Waals surface area contributed by atoms with Gasteiger partial charge in [-0.2, -0.15) is 0 Å². The van der Waals surface area contributed by atoms with E-state index in [2.05, 4.69) is 6.92 Å². The van der Waals surface area contributed by atoms with Gasteiger partial charge in [-0.05, 0) is 13.3 Å². The molecule has 0 amide bonds. The minimum absolute atomic E-state index is 0.00231. The molecular formula is C9H13O. The Morgan fingerprint density at radius 1 is 1.60 bits per heavy atom. The van der Waals surface area contributed by atoms with Crippen LogP contribution in [0.1, 0.15) is 13.3 Å². The first-order valence-electron chi connectivity index (χ1n) is 3.60. The number of hydrogen-bond acceptors (Lipinski definition) is 1. The molecule has 1 N–H and O–H groups in total. The van der Waals surface area contributed by atoms with Crippen molar-refractivity contribution in [3.05, 3.63) is 31.2 Å². The van der Waals surface area contributed by atoms with Gasteiger partial charge < -0.3 is 5.11 Å². The molecule has 0 aromatic heterocycles. The minimum atomic E-state index is -0.700. The van der Waals surface area contributed by atoms with Crippen LogP contribution in [0.3, 0.4) is 0 Å². The van der Waals surface area contributed by atoms with Gasteiger partial charge in [0.2, 0.25) is 0 Å². The topological polar surface area (TPSA) is 20.2 Å². The third kappa shape index (κ3) is 1.14. The van der Waals surface area contributed by atoms with Crippen molar-refractivity contribution in [3.8, 4) is 0 Å². The zero-order valence-corrected chi connectivity index (χ0v) is 6.25. The summed E-state index contributed by atoms with van der Waals surface area (Å²) < 4.78 is 0. The van der Waals surface area contributed by atoms with E-state index in [-0.39, 0.29) is 5.92 Å². The monoisotopic (exact) mass is 137 g/mol. The van der Waals surface area contributed by atoms with Crippen LogP contribution < -0.4 is 0 Å². The van der Waals surface area contributed by atoms with E-state index in [0.29, 0.717) is 0 Å². The molecular weight excluding hydrogens is 124 g/mol. The molecule has 10 heavy (non-hydrogen) atoms. The van der Waals surface area contributed by atoms with Crippen molar-refractivity contribution in [3.63, 3.8) is 0 Å². The summed E-state index contributed by atoms with van der Waals surface area (Å²) in [4.78, 5) is 0. The average Bonchev–Trinajstić information content (AvgIpc) is 1.96. The van der Waals surface area contributed by atoms with E-state index in [0.717, 1.165) is 6.42 Å². The van der Waals surface area contributed by atoms with Gasteiger partial charge in [-0.15, -0.1) is 0 Å².